The van der Waals surface area contributed by atoms with Gasteiger partial charge in [0.15, 0.2) is 0 Å². The van der Waals surface area contributed by atoms with E-state index in [0.717, 1.165) is 19.0 Å². The van der Waals surface area contributed by atoms with E-state index in [0.29, 0.717) is 0 Å². The fraction of sp³-hybridized carbons (Fsp3) is 0.571. The maximum absolute atomic E-state index is 3.51. The number of benzene rings is 1. The van der Waals surface area contributed by atoms with Crippen LogP contribution >= 0.6 is 11.8 Å². The van der Waals surface area contributed by atoms with Gasteiger partial charge in [0.1, 0.15) is 0 Å². The topological polar surface area (TPSA) is 12.0 Å². The predicted molar refractivity (Wildman–Crippen MR) is 73.1 cm³/mol. The Hall–Kier alpha value is -0.470. The van der Waals surface area contributed by atoms with E-state index in [1.165, 1.54) is 30.6 Å². The second-order valence-corrected chi connectivity index (χ2v) is 5.53. The van der Waals surface area contributed by atoms with Crippen molar-refractivity contribution in [2.75, 3.05) is 18.6 Å². The Labute approximate surface area is 103 Å². The molecule has 2 heteroatoms. The Morgan fingerprint density at radius 1 is 1.38 bits per heavy atom. The summed E-state index contributed by atoms with van der Waals surface area (Å²) < 4.78 is 0. The van der Waals surface area contributed by atoms with Gasteiger partial charge >= 0.3 is 0 Å². The van der Waals surface area contributed by atoms with E-state index in [1.807, 2.05) is 11.8 Å². The Bertz CT molecular complexity index is 320. The first-order chi connectivity index (χ1) is 7.90. The Morgan fingerprint density at radius 2 is 2.25 bits per heavy atom. The predicted octanol–water partition coefficient (Wildman–Crippen LogP) is 3.41. The Morgan fingerprint density at radius 3 is 3.00 bits per heavy atom. The maximum atomic E-state index is 3.51. The minimum absolute atomic E-state index is 0.872. The second kappa shape index (κ2) is 6.31. The molecule has 0 amide bonds. The molecule has 0 unspecified atom stereocenters. The van der Waals surface area contributed by atoms with Crippen molar-refractivity contribution in [3.8, 4) is 0 Å². The molecule has 0 heterocycles. The lowest BCUT2D eigenvalue weighted by atomic mass is 10.1. The molecule has 1 nitrogen and oxygen atoms in total. The quantitative estimate of drug-likeness (QED) is 0.727. The zero-order chi connectivity index (χ0) is 11.2. The molecule has 0 bridgehead atoms. The van der Waals surface area contributed by atoms with Gasteiger partial charge in [0.05, 0.1) is 0 Å². The highest BCUT2D eigenvalue weighted by Gasteiger charge is 2.23. The lowest BCUT2D eigenvalue weighted by molar-refractivity contribution is 0.678. The molecule has 0 aliphatic heterocycles. The largest absolute Gasteiger partial charge is 0.313 e. The highest BCUT2D eigenvalue weighted by atomic mass is 32.2. The molecule has 1 aliphatic rings. The van der Waals surface area contributed by atoms with Crippen LogP contribution in [0, 0.1) is 0 Å². The molecule has 16 heavy (non-hydrogen) atoms. The molecule has 1 aromatic rings. The number of rotatable bonds is 7. The number of nitrogens with one attached hydrogen (secondary N) is 1. The van der Waals surface area contributed by atoms with Crippen molar-refractivity contribution in [3.05, 3.63) is 35.4 Å². The van der Waals surface area contributed by atoms with Crippen molar-refractivity contribution in [2.45, 2.75) is 31.7 Å². The van der Waals surface area contributed by atoms with Crippen LogP contribution in [-0.2, 0) is 6.54 Å². The van der Waals surface area contributed by atoms with Crippen molar-refractivity contribution < 1.29 is 0 Å². The van der Waals surface area contributed by atoms with Gasteiger partial charge in [-0.05, 0) is 54.9 Å². The molecule has 0 aromatic heterocycles. The molecular formula is C14H21NS. The second-order valence-electron chi connectivity index (χ2n) is 4.54. The average molecular weight is 235 g/mol. The lowest BCUT2D eigenvalue weighted by Gasteiger charge is -2.06. The van der Waals surface area contributed by atoms with E-state index in [2.05, 4.69) is 35.8 Å². The van der Waals surface area contributed by atoms with Crippen molar-refractivity contribution >= 4 is 11.8 Å². The molecule has 0 saturated heterocycles. The van der Waals surface area contributed by atoms with Gasteiger partial charge in [-0.25, -0.2) is 0 Å². The SMILES string of the molecule is CSCCCNCc1cccc(C2CC2)c1. The lowest BCUT2D eigenvalue weighted by Crippen LogP contribution is -2.15. The van der Waals surface area contributed by atoms with Crippen LogP contribution in [0.15, 0.2) is 24.3 Å². The van der Waals surface area contributed by atoms with E-state index in [9.17, 15) is 0 Å². The molecule has 0 spiro atoms. The van der Waals surface area contributed by atoms with Gasteiger partial charge in [0, 0.05) is 6.54 Å². The average Bonchev–Trinajstić information content (AvgIpc) is 3.13. The van der Waals surface area contributed by atoms with Crippen LogP contribution in [0.2, 0.25) is 0 Å². The summed E-state index contributed by atoms with van der Waals surface area (Å²) in [6, 6.07) is 9.08. The summed E-state index contributed by atoms with van der Waals surface area (Å²) >= 11 is 1.92. The van der Waals surface area contributed by atoms with Crippen LogP contribution in [-0.4, -0.2) is 18.6 Å². The molecule has 1 fully saturated rings. The van der Waals surface area contributed by atoms with Gasteiger partial charge in [0.25, 0.3) is 0 Å². The fourth-order valence-electron chi connectivity index (χ4n) is 1.95. The summed E-state index contributed by atoms with van der Waals surface area (Å²) in [4.78, 5) is 0. The van der Waals surface area contributed by atoms with Gasteiger partial charge < -0.3 is 5.32 Å². The highest BCUT2D eigenvalue weighted by Crippen LogP contribution is 2.40. The van der Waals surface area contributed by atoms with Crippen molar-refractivity contribution in [3.63, 3.8) is 0 Å². The van der Waals surface area contributed by atoms with Crippen molar-refractivity contribution in [1.82, 2.24) is 5.32 Å². The van der Waals surface area contributed by atoms with Crippen LogP contribution in [0.25, 0.3) is 0 Å². The summed E-state index contributed by atoms with van der Waals surface area (Å²) in [7, 11) is 0. The minimum atomic E-state index is 0.872. The summed E-state index contributed by atoms with van der Waals surface area (Å²) in [5, 5.41) is 3.51. The molecule has 0 radical (unpaired) electrons. The smallest absolute Gasteiger partial charge is 0.0205 e. The van der Waals surface area contributed by atoms with Crippen LogP contribution in [0.3, 0.4) is 0 Å². The summed E-state index contributed by atoms with van der Waals surface area (Å²) in [5.41, 5.74) is 2.98. The Kier molecular flexibility index (Phi) is 4.73. The monoisotopic (exact) mass is 235 g/mol. The molecule has 88 valence electrons. The number of hydrogen-bond acceptors (Lipinski definition) is 2. The number of thioether (sulfide) groups is 1. The van der Waals surface area contributed by atoms with Crippen LogP contribution in [0.1, 0.15) is 36.3 Å². The third kappa shape index (κ3) is 3.84. The maximum Gasteiger partial charge on any atom is 0.0205 e. The van der Waals surface area contributed by atoms with E-state index >= 15 is 0 Å². The number of hydrogen-bond donors (Lipinski definition) is 1. The molecule has 0 atom stereocenters. The highest BCUT2D eigenvalue weighted by molar-refractivity contribution is 7.98. The van der Waals surface area contributed by atoms with Gasteiger partial charge in [-0.1, -0.05) is 24.3 Å². The Balaban J connectivity index is 1.73. The summed E-state index contributed by atoms with van der Waals surface area (Å²) in [6.07, 6.45) is 6.22. The van der Waals surface area contributed by atoms with Gasteiger partial charge in [-0.2, -0.15) is 11.8 Å². The fourth-order valence-corrected chi connectivity index (χ4v) is 2.38. The molecule has 1 aliphatic carbocycles. The first-order valence-corrected chi connectivity index (χ1v) is 7.58. The molecular weight excluding hydrogens is 214 g/mol. The van der Waals surface area contributed by atoms with Crippen molar-refractivity contribution in [1.29, 1.82) is 0 Å². The van der Waals surface area contributed by atoms with Crippen LogP contribution < -0.4 is 5.32 Å². The van der Waals surface area contributed by atoms with Gasteiger partial charge in [0.2, 0.25) is 0 Å². The summed E-state index contributed by atoms with van der Waals surface area (Å²) in [5.74, 6) is 2.13. The zero-order valence-electron chi connectivity index (χ0n) is 10.0. The standard InChI is InChI=1S/C14H21NS/c1-16-9-3-8-15-11-12-4-2-5-14(10-12)13-6-7-13/h2,4-5,10,13,15H,3,6-9,11H2,1H3. The third-order valence-electron chi connectivity index (χ3n) is 3.03. The first-order valence-electron chi connectivity index (χ1n) is 6.18. The minimum Gasteiger partial charge on any atom is -0.313 e. The van der Waals surface area contributed by atoms with Gasteiger partial charge in [-0.15, -0.1) is 0 Å². The molecule has 1 aromatic carbocycles. The summed E-state index contributed by atoms with van der Waals surface area (Å²) in [6.45, 7) is 2.16. The van der Waals surface area contributed by atoms with E-state index in [1.54, 1.807) is 5.56 Å². The molecule has 1 saturated carbocycles. The first kappa shape index (κ1) is 12.0. The molecule has 1 N–H and O–H groups in total. The van der Waals surface area contributed by atoms with Crippen LogP contribution in [0.5, 0.6) is 0 Å². The normalized spacial score (nSPS) is 15.3. The third-order valence-corrected chi connectivity index (χ3v) is 3.73. The van der Waals surface area contributed by atoms with Gasteiger partial charge in [-0.3, -0.25) is 0 Å². The van der Waals surface area contributed by atoms with Crippen LogP contribution in [0.4, 0.5) is 0 Å². The molecule has 2 rings (SSSR count). The van der Waals surface area contributed by atoms with E-state index in [4.69, 9.17) is 0 Å². The van der Waals surface area contributed by atoms with Crippen molar-refractivity contribution in [2.24, 2.45) is 0 Å². The van der Waals surface area contributed by atoms with E-state index < -0.39 is 0 Å². The van der Waals surface area contributed by atoms with E-state index in [-0.39, 0.29) is 0 Å². The zero-order valence-corrected chi connectivity index (χ0v) is 10.9.